The minimum Gasteiger partial charge on any atom is -0.495 e. The van der Waals surface area contributed by atoms with Gasteiger partial charge in [0.15, 0.2) is 6.10 Å². The minimum atomic E-state index is -1.08. The Balaban J connectivity index is 1.96. The van der Waals surface area contributed by atoms with Crippen LogP contribution in [0.2, 0.25) is 5.02 Å². The van der Waals surface area contributed by atoms with Crippen molar-refractivity contribution in [3.63, 3.8) is 0 Å². The van der Waals surface area contributed by atoms with Crippen LogP contribution < -0.4 is 15.4 Å². The van der Waals surface area contributed by atoms with E-state index in [2.05, 4.69) is 10.6 Å². The van der Waals surface area contributed by atoms with Crippen molar-refractivity contribution < 1.29 is 23.9 Å². The summed E-state index contributed by atoms with van der Waals surface area (Å²) in [6, 6.07) is 10.8. The van der Waals surface area contributed by atoms with Crippen LogP contribution in [0.4, 0.5) is 5.69 Å². The van der Waals surface area contributed by atoms with Gasteiger partial charge >= 0.3 is 5.97 Å². The summed E-state index contributed by atoms with van der Waals surface area (Å²) in [5.41, 5.74) is 1.58. The third-order valence-corrected chi connectivity index (χ3v) is 4.55. The molecule has 0 aliphatic rings. The number of nitrogens with one attached hydrogen (secondary N) is 2. The number of methoxy groups -OCH3 is 1. The predicted molar refractivity (Wildman–Crippen MR) is 110 cm³/mol. The van der Waals surface area contributed by atoms with Gasteiger partial charge in [0.1, 0.15) is 11.8 Å². The third-order valence-electron chi connectivity index (χ3n) is 4.14. The maximum atomic E-state index is 12.4. The van der Waals surface area contributed by atoms with Gasteiger partial charge in [0.05, 0.1) is 12.8 Å². The van der Waals surface area contributed by atoms with E-state index in [9.17, 15) is 14.4 Å². The van der Waals surface area contributed by atoms with E-state index in [1.54, 1.807) is 49.4 Å². The van der Waals surface area contributed by atoms with Crippen LogP contribution in [-0.2, 0) is 14.3 Å². The Kier molecular flexibility index (Phi) is 7.61. The van der Waals surface area contributed by atoms with Crippen LogP contribution in [0, 0.1) is 6.92 Å². The van der Waals surface area contributed by atoms with E-state index in [1.807, 2.05) is 0 Å². The van der Waals surface area contributed by atoms with Gasteiger partial charge in [-0.05, 0) is 44.5 Å². The number of halogens is 1. The molecule has 2 aromatic rings. The maximum Gasteiger partial charge on any atom is 0.329 e. The van der Waals surface area contributed by atoms with E-state index in [0.29, 0.717) is 22.0 Å². The van der Waals surface area contributed by atoms with Crippen molar-refractivity contribution in [1.82, 2.24) is 5.32 Å². The number of benzene rings is 2. The van der Waals surface area contributed by atoms with Crippen molar-refractivity contribution in [2.75, 3.05) is 12.4 Å². The van der Waals surface area contributed by atoms with E-state index in [1.165, 1.54) is 21.0 Å². The monoisotopic (exact) mass is 418 g/mol. The average Bonchev–Trinajstić information content (AvgIpc) is 2.70. The van der Waals surface area contributed by atoms with Gasteiger partial charge in [-0.2, -0.15) is 0 Å². The molecule has 0 bridgehead atoms. The zero-order chi connectivity index (χ0) is 21.6. The second kappa shape index (κ2) is 9.93. The molecule has 0 radical (unpaired) electrons. The molecule has 0 saturated carbocycles. The normalized spacial score (nSPS) is 12.4. The first-order valence-electron chi connectivity index (χ1n) is 8.94. The molecule has 0 unspecified atom stereocenters. The van der Waals surface area contributed by atoms with Crippen molar-refractivity contribution >= 4 is 35.1 Å². The van der Waals surface area contributed by atoms with Gasteiger partial charge in [0.2, 0.25) is 0 Å². The van der Waals surface area contributed by atoms with E-state index in [0.717, 1.165) is 5.56 Å². The van der Waals surface area contributed by atoms with E-state index in [4.69, 9.17) is 21.1 Å². The van der Waals surface area contributed by atoms with Crippen molar-refractivity contribution in [2.45, 2.75) is 32.9 Å². The quantitative estimate of drug-likeness (QED) is 0.672. The highest BCUT2D eigenvalue weighted by molar-refractivity contribution is 6.31. The molecule has 2 N–H and O–H groups in total. The molecule has 0 aliphatic heterocycles. The first kappa shape index (κ1) is 22.2. The Morgan fingerprint density at radius 3 is 2.34 bits per heavy atom. The first-order chi connectivity index (χ1) is 13.7. The summed E-state index contributed by atoms with van der Waals surface area (Å²) in [6.45, 7) is 4.71. The van der Waals surface area contributed by atoms with Crippen LogP contribution >= 0.6 is 11.6 Å². The Morgan fingerprint density at radius 1 is 1.07 bits per heavy atom. The molecule has 2 rings (SSSR count). The lowest BCUT2D eigenvalue weighted by molar-refractivity contribution is -0.154. The van der Waals surface area contributed by atoms with Gasteiger partial charge in [0.25, 0.3) is 11.8 Å². The van der Waals surface area contributed by atoms with Crippen LogP contribution in [0.15, 0.2) is 42.5 Å². The molecule has 2 aromatic carbocycles. The highest BCUT2D eigenvalue weighted by Crippen LogP contribution is 2.31. The molecule has 0 aromatic heterocycles. The molecule has 0 aliphatic carbocycles. The fourth-order valence-electron chi connectivity index (χ4n) is 2.42. The number of carbonyl (C=O) groups excluding carboxylic acids is 3. The largest absolute Gasteiger partial charge is 0.495 e. The summed E-state index contributed by atoms with van der Waals surface area (Å²) < 4.78 is 10.4. The predicted octanol–water partition coefficient (Wildman–Crippen LogP) is 3.35. The van der Waals surface area contributed by atoms with Crippen molar-refractivity contribution in [1.29, 1.82) is 0 Å². The minimum absolute atomic E-state index is 0.385. The average molecular weight is 419 g/mol. The Bertz CT molecular complexity index is 901. The standard InChI is InChI=1S/C21H23ClN2O5/c1-12-10-17(18(28-4)11-16(12)22)24-19(25)14(3)29-21(27)13(2)23-20(26)15-8-6-5-7-9-15/h5-11,13-14H,1-4H3,(H,23,26)(H,24,25)/t13-,14-/m0/s1. The van der Waals surface area contributed by atoms with Crippen LogP contribution in [0.3, 0.4) is 0 Å². The van der Waals surface area contributed by atoms with Gasteiger partial charge in [-0.3, -0.25) is 9.59 Å². The molecule has 7 nitrogen and oxygen atoms in total. The fraction of sp³-hybridized carbons (Fsp3) is 0.286. The molecule has 2 amide bonds. The van der Waals surface area contributed by atoms with Crippen LogP contribution in [0.1, 0.15) is 29.8 Å². The number of esters is 1. The second-order valence-electron chi connectivity index (χ2n) is 6.43. The molecule has 154 valence electrons. The van der Waals surface area contributed by atoms with Crippen LogP contribution in [0.25, 0.3) is 0 Å². The summed E-state index contributed by atoms with van der Waals surface area (Å²) >= 11 is 6.06. The number of carbonyl (C=O) groups is 3. The van der Waals surface area contributed by atoms with Gasteiger partial charge in [-0.15, -0.1) is 0 Å². The van der Waals surface area contributed by atoms with Gasteiger partial charge in [-0.25, -0.2) is 4.79 Å². The summed E-state index contributed by atoms with van der Waals surface area (Å²) in [4.78, 5) is 36.8. The van der Waals surface area contributed by atoms with Crippen LogP contribution in [0.5, 0.6) is 5.75 Å². The smallest absolute Gasteiger partial charge is 0.329 e. The molecule has 2 atom stereocenters. The lowest BCUT2D eigenvalue weighted by Gasteiger charge is -2.18. The molecule has 0 fully saturated rings. The van der Waals surface area contributed by atoms with Gasteiger partial charge < -0.3 is 20.1 Å². The molecule has 29 heavy (non-hydrogen) atoms. The number of hydrogen-bond acceptors (Lipinski definition) is 5. The summed E-state index contributed by atoms with van der Waals surface area (Å²) in [5.74, 6) is -1.29. The number of ether oxygens (including phenoxy) is 2. The Labute approximate surface area is 174 Å². The molecule has 0 saturated heterocycles. The first-order valence-corrected chi connectivity index (χ1v) is 9.32. The zero-order valence-corrected chi connectivity index (χ0v) is 17.4. The molecule has 8 heteroatoms. The topological polar surface area (TPSA) is 93.7 Å². The molecular weight excluding hydrogens is 396 g/mol. The summed E-state index contributed by atoms with van der Waals surface area (Å²) in [5, 5.41) is 5.70. The van der Waals surface area contributed by atoms with Crippen molar-refractivity contribution in [3.8, 4) is 5.75 Å². The summed E-state index contributed by atoms with van der Waals surface area (Å²) in [7, 11) is 1.46. The summed E-state index contributed by atoms with van der Waals surface area (Å²) in [6.07, 6.45) is -1.08. The second-order valence-corrected chi connectivity index (χ2v) is 6.84. The number of rotatable bonds is 7. The van der Waals surface area contributed by atoms with Crippen LogP contribution in [-0.4, -0.2) is 37.0 Å². The SMILES string of the molecule is COc1cc(Cl)c(C)cc1NC(=O)[C@H](C)OC(=O)[C@H](C)NC(=O)c1ccccc1. The molecule has 0 heterocycles. The number of anilines is 1. The van der Waals surface area contributed by atoms with Gasteiger partial charge in [0, 0.05) is 16.7 Å². The Morgan fingerprint density at radius 2 is 1.72 bits per heavy atom. The van der Waals surface area contributed by atoms with Gasteiger partial charge in [-0.1, -0.05) is 29.8 Å². The number of hydrogen-bond donors (Lipinski definition) is 2. The lowest BCUT2D eigenvalue weighted by Crippen LogP contribution is -2.42. The van der Waals surface area contributed by atoms with E-state index in [-0.39, 0.29) is 0 Å². The van der Waals surface area contributed by atoms with Crippen molar-refractivity contribution in [2.24, 2.45) is 0 Å². The van der Waals surface area contributed by atoms with Crippen molar-refractivity contribution in [3.05, 3.63) is 58.6 Å². The highest BCUT2D eigenvalue weighted by atomic mass is 35.5. The maximum absolute atomic E-state index is 12.4. The lowest BCUT2D eigenvalue weighted by atomic mass is 10.2. The zero-order valence-electron chi connectivity index (χ0n) is 16.6. The van der Waals surface area contributed by atoms with E-state index < -0.39 is 29.9 Å². The highest BCUT2D eigenvalue weighted by Gasteiger charge is 2.24. The molecular formula is C21H23ClN2O5. The Hall–Kier alpha value is -3.06. The fourth-order valence-corrected chi connectivity index (χ4v) is 2.58. The molecule has 0 spiro atoms. The number of amides is 2. The third kappa shape index (κ3) is 5.96. The van der Waals surface area contributed by atoms with E-state index >= 15 is 0 Å². The number of aryl methyl sites for hydroxylation is 1.